The highest BCUT2D eigenvalue weighted by molar-refractivity contribution is 7.98. The number of fused-ring (bicyclic) bond motifs is 1. The average Bonchev–Trinajstić information content (AvgIpc) is 3.15. The van der Waals surface area contributed by atoms with Crippen molar-refractivity contribution in [2.45, 2.75) is 17.6 Å². The number of pyridine rings is 1. The van der Waals surface area contributed by atoms with E-state index in [1.54, 1.807) is 42.1 Å². The molecule has 144 valence electrons. The van der Waals surface area contributed by atoms with Crippen molar-refractivity contribution < 1.29 is 9.59 Å². The third-order valence-electron chi connectivity index (χ3n) is 4.45. The number of imidazole rings is 1. The Morgan fingerprint density at radius 1 is 1.03 bits per heavy atom. The lowest BCUT2D eigenvalue weighted by molar-refractivity contribution is 0.101. The van der Waals surface area contributed by atoms with E-state index in [4.69, 9.17) is 0 Å². The van der Waals surface area contributed by atoms with E-state index in [9.17, 15) is 9.59 Å². The van der Waals surface area contributed by atoms with Gasteiger partial charge in [-0.2, -0.15) is 0 Å². The highest BCUT2D eigenvalue weighted by Gasteiger charge is 2.13. The molecular weight excluding hydrogens is 382 g/mol. The minimum Gasteiger partial charge on any atom is -0.322 e. The van der Waals surface area contributed by atoms with Gasteiger partial charge in [-0.05, 0) is 43.3 Å². The van der Waals surface area contributed by atoms with Crippen molar-refractivity contribution in [3.05, 3.63) is 95.9 Å². The fraction of sp³-hybridized carbons (Fsp3) is 0.0870. The van der Waals surface area contributed by atoms with Gasteiger partial charge in [-0.15, -0.1) is 11.8 Å². The first-order valence-corrected chi connectivity index (χ1v) is 10.2. The molecule has 6 heteroatoms. The number of hydrogen-bond acceptors (Lipinski definition) is 4. The molecule has 1 N–H and O–H groups in total. The number of Topliss-reactive ketones (excluding diaryl/α,β-unsaturated/α-hetero) is 1. The van der Waals surface area contributed by atoms with Gasteiger partial charge in [-0.3, -0.25) is 9.59 Å². The summed E-state index contributed by atoms with van der Waals surface area (Å²) in [5.41, 5.74) is 3.61. The quantitative estimate of drug-likeness (QED) is 0.361. The average molecular weight is 401 g/mol. The number of hydrogen-bond donors (Lipinski definition) is 1. The molecule has 5 nitrogen and oxygen atoms in total. The first-order valence-electron chi connectivity index (χ1n) is 9.17. The number of amides is 1. The Morgan fingerprint density at radius 3 is 2.69 bits per heavy atom. The topological polar surface area (TPSA) is 63.5 Å². The van der Waals surface area contributed by atoms with E-state index < -0.39 is 0 Å². The summed E-state index contributed by atoms with van der Waals surface area (Å²) >= 11 is 1.57. The summed E-state index contributed by atoms with van der Waals surface area (Å²) in [6, 6.07) is 20.3. The van der Waals surface area contributed by atoms with Gasteiger partial charge in [0.2, 0.25) is 0 Å². The van der Waals surface area contributed by atoms with Crippen LogP contribution in [0.25, 0.3) is 5.65 Å². The maximum atomic E-state index is 12.8. The van der Waals surface area contributed by atoms with Crippen molar-refractivity contribution in [3.8, 4) is 0 Å². The van der Waals surface area contributed by atoms with Crippen LogP contribution in [0, 0.1) is 0 Å². The molecule has 0 saturated heterocycles. The molecule has 2 aromatic carbocycles. The minimum atomic E-state index is -0.205. The van der Waals surface area contributed by atoms with E-state index in [2.05, 4.69) is 10.3 Å². The molecule has 29 heavy (non-hydrogen) atoms. The lowest BCUT2D eigenvalue weighted by Gasteiger charge is -2.10. The van der Waals surface area contributed by atoms with E-state index >= 15 is 0 Å². The summed E-state index contributed by atoms with van der Waals surface area (Å²) < 4.78 is 1.98. The number of benzene rings is 2. The van der Waals surface area contributed by atoms with Gasteiger partial charge in [-0.25, -0.2) is 4.98 Å². The fourth-order valence-corrected chi connectivity index (χ4v) is 3.94. The summed E-state index contributed by atoms with van der Waals surface area (Å²) in [5.74, 6) is 0.416. The molecule has 2 heterocycles. The molecule has 0 bridgehead atoms. The Morgan fingerprint density at radius 2 is 1.86 bits per heavy atom. The maximum absolute atomic E-state index is 12.8. The van der Waals surface area contributed by atoms with Crippen LogP contribution in [0.5, 0.6) is 0 Å². The molecule has 4 rings (SSSR count). The number of thioether (sulfide) groups is 1. The monoisotopic (exact) mass is 401 g/mol. The van der Waals surface area contributed by atoms with Gasteiger partial charge in [-0.1, -0.05) is 30.3 Å². The summed E-state index contributed by atoms with van der Waals surface area (Å²) in [4.78, 5) is 29.9. The lowest BCUT2D eigenvalue weighted by Crippen LogP contribution is -2.13. The largest absolute Gasteiger partial charge is 0.322 e. The second-order valence-corrected chi connectivity index (χ2v) is 7.59. The van der Waals surface area contributed by atoms with Crippen molar-refractivity contribution in [1.29, 1.82) is 0 Å². The summed E-state index contributed by atoms with van der Waals surface area (Å²) in [6.45, 7) is 1.51. The summed E-state index contributed by atoms with van der Waals surface area (Å²) in [5, 5.41) is 2.89. The molecule has 0 spiro atoms. The molecule has 0 atom stereocenters. The molecule has 0 fully saturated rings. The Balaban J connectivity index is 1.50. The van der Waals surface area contributed by atoms with Gasteiger partial charge in [0.1, 0.15) is 5.65 Å². The molecule has 1 amide bonds. The van der Waals surface area contributed by atoms with Gasteiger partial charge >= 0.3 is 0 Å². The van der Waals surface area contributed by atoms with Crippen molar-refractivity contribution in [1.82, 2.24) is 9.38 Å². The van der Waals surface area contributed by atoms with Crippen LogP contribution >= 0.6 is 11.8 Å². The third kappa shape index (κ3) is 4.38. The third-order valence-corrected chi connectivity index (χ3v) is 5.56. The lowest BCUT2D eigenvalue weighted by atomic mass is 10.1. The van der Waals surface area contributed by atoms with Gasteiger partial charge in [0, 0.05) is 34.3 Å². The number of nitrogens with one attached hydrogen (secondary N) is 1. The molecule has 0 aliphatic carbocycles. The van der Waals surface area contributed by atoms with E-state index in [1.807, 2.05) is 53.2 Å². The number of rotatable bonds is 6. The number of ketones is 1. The Kier molecular flexibility index (Phi) is 5.44. The van der Waals surface area contributed by atoms with Crippen LogP contribution in [-0.4, -0.2) is 21.1 Å². The second-order valence-electron chi connectivity index (χ2n) is 6.57. The molecule has 0 saturated carbocycles. The van der Waals surface area contributed by atoms with E-state index in [-0.39, 0.29) is 11.7 Å². The summed E-state index contributed by atoms with van der Waals surface area (Å²) in [6.07, 6.45) is 3.96. The summed E-state index contributed by atoms with van der Waals surface area (Å²) in [7, 11) is 0. The van der Waals surface area contributed by atoms with Crippen LogP contribution in [0.4, 0.5) is 5.69 Å². The number of nitrogens with zero attached hydrogens (tertiary/aromatic N) is 2. The molecule has 0 radical (unpaired) electrons. The van der Waals surface area contributed by atoms with Crippen LogP contribution in [0.2, 0.25) is 0 Å². The fourth-order valence-electron chi connectivity index (χ4n) is 3.00. The van der Waals surface area contributed by atoms with Gasteiger partial charge in [0.05, 0.1) is 11.3 Å². The second kappa shape index (κ2) is 8.32. The molecule has 0 aliphatic rings. The zero-order chi connectivity index (χ0) is 20.2. The van der Waals surface area contributed by atoms with Gasteiger partial charge < -0.3 is 9.72 Å². The molecule has 2 aromatic heterocycles. The molecule has 0 aliphatic heterocycles. The maximum Gasteiger partial charge on any atom is 0.256 e. The van der Waals surface area contributed by atoms with Gasteiger partial charge in [0.15, 0.2) is 5.78 Å². The number of carbonyl (C=O) groups excluding carboxylic acids is 2. The normalized spacial score (nSPS) is 10.8. The number of aromatic nitrogens is 2. The highest BCUT2D eigenvalue weighted by Crippen LogP contribution is 2.27. The Bertz CT molecular complexity index is 1170. The van der Waals surface area contributed by atoms with Crippen molar-refractivity contribution in [2.75, 3.05) is 5.32 Å². The van der Waals surface area contributed by atoms with Crippen LogP contribution in [0.1, 0.15) is 33.3 Å². The predicted octanol–water partition coefficient (Wildman–Crippen LogP) is 5.08. The highest BCUT2D eigenvalue weighted by atomic mass is 32.2. The molecular formula is C23H19N3O2S. The number of anilines is 1. The van der Waals surface area contributed by atoms with Crippen LogP contribution in [-0.2, 0) is 5.75 Å². The van der Waals surface area contributed by atoms with E-state index in [0.717, 1.165) is 16.2 Å². The minimum absolute atomic E-state index is 0.0375. The van der Waals surface area contributed by atoms with Crippen LogP contribution in [0.15, 0.2) is 84.0 Å². The first-order chi connectivity index (χ1) is 14.1. The van der Waals surface area contributed by atoms with Gasteiger partial charge in [0.25, 0.3) is 5.91 Å². The predicted molar refractivity (Wildman–Crippen MR) is 116 cm³/mol. The smallest absolute Gasteiger partial charge is 0.256 e. The SMILES string of the molecule is CC(=O)c1cccc(NC(=O)c2ccccc2SCc2cn3ccccc3n2)c1. The first kappa shape index (κ1) is 19.0. The molecule has 4 aromatic rings. The molecule has 0 unspecified atom stereocenters. The van der Waals surface area contributed by atoms with Crippen LogP contribution in [0.3, 0.4) is 0 Å². The zero-order valence-corrected chi connectivity index (χ0v) is 16.6. The van der Waals surface area contributed by atoms with Crippen molar-refractivity contribution >= 4 is 34.8 Å². The zero-order valence-electron chi connectivity index (χ0n) is 15.8. The Hall–Kier alpha value is -3.38. The van der Waals surface area contributed by atoms with Crippen molar-refractivity contribution in [2.24, 2.45) is 0 Å². The standard InChI is InChI=1S/C23H19N3O2S/c1-16(27)17-7-6-8-18(13-17)25-23(28)20-9-2-3-10-21(20)29-15-19-14-26-12-5-4-11-22(26)24-19/h2-14H,15H2,1H3,(H,25,28). The Labute approximate surface area is 172 Å². The van der Waals surface area contributed by atoms with Crippen molar-refractivity contribution in [3.63, 3.8) is 0 Å². The van der Waals surface area contributed by atoms with E-state index in [0.29, 0.717) is 22.6 Å². The number of carbonyl (C=O) groups is 2. The van der Waals surface area contributed by atoms with E-state index in [1.165, 1.54) is 6.92 Å². The van der Waals surface area contributed by atoms with Crippen LogP contribution < -0.4 is 5.32 Å².